The highest BCUT2D eigenvalue weighted by Gasteiger charge is 2.19. The number of halogens is 2. The maximum Gasteiger partial charge on any atom is 0.191 e. The van der Waals surface area contributed by atoms with Gasteiger partial charge >= 0.3 is 0 Å². The Morgan fingerprint density at radius 3 is 2.54 bits per heavy atom. The topological polar surface area (TPSA) is 45.8 Å². The third kappa shape index (κ3) is 3.01. The minimum Gasteiger partial charge on any atom is -0.353 e. The number of aromatic amines is 1. The highest BCUT2D eigenvalue weighted by Crippen LogP contribution is 2.35. The van der Waals surface area contributed by atoms with E-state index in [2.05, 4.69) is 52.7 Å². The first-order chi connectivity index (χ1) is 11.2. The van der Waals surface area contributed by atoms with Gasteiger partial charge in [0.25, 0.3) is 0 Å². The van der Waals surface area contributed by atoms with Crippen LogP contribution in [0.15, 0.2) is 39.9 Å². The lowest BCUT2D eigenvalue weighted by molar-refractivity contribution is 0.590. The predicted molar refractivity (Wildman–Crippen MR) is 104 cm³/mol. The molecule has 3 nitrogen and oxygen atoms in total. The molecule has 2 aromatic heterocycles. The summed E-state index contributed by atoms with van der Waals surface area (Å²) in [4.78, 5) is 19.9. The normalized spacial score (nSPS) is 11.9. The van der Waals surface area contributed by atoms with Gasteiger partial charge in [-0.05, 0) is 45.5 Å². The maximum absolute atomic E-state index is 12.5. The summed E-state index contributed by atoms with van der Waals surface area (Å²) in [5.41, 5.74) is 4.44. The highest BCUT2D eigenvalue weighted by atomic mass is 79.9. The summed E-state index contributed by atoms with van der Waals surface area (Å²) < 4.78 is 0.686. The van der Waals surface area contributed by atoms with Crippen LogP contribution in [0.3, 0.4) is 0 Å². The maximum atomic E-state index is 12.5. The zero-order chi connectivity index (χ0) is 17.6. The SMILES string of the molecule is Cc1cc(C(C)(C)C)c(Cl)cc1-c1cc(=O)c2c(Br)cncc2[nH]1. The molecule has 1 aromatic carbocycles. The molecule has 3 rings (SSSR count). The molecule has 0 radical (unpaired) electrons. The Bertz CT molecular complexity index is 1000. The molecule has 1 N–H and O–H groups in total. The van der Waals surface area contributed by atoms with Crippen LogP contribution < -0.4 is 5.43 Å². The first-order valence-corrected chi connectivity index (χ1v) is 8.83. The number of aryl methyl sites for hydroxylation is 1. The van der Waals surface area contributed by atoms with Gasteiger partial charge in [0.1, 0.15) is 0 Å². The van der Waals surface area contributed by atoms with Gasteiger partial charge in [-0.15, -0.1) is 0 Å². The monoisotopic (exact) mass is 404 g/mol. The number of hydrogen-bond acceptors (Lipinski definition) is 2. The summed E-state index contributed by atoms with van der Waals surface area (Å²) in [6.07, 6.45) is 3.28. The number of hydrogen-bond donors (Lipinski definition) is 1. The molecule has 0 amide bonds. The molecule has 0 atom stereocenters. The Kier molecular flexibility index (Phi) is 4.30. The standard InChI is InChI=1S/C19H18BrClN2O/c1-10-5-12(19(2,3)4)14(21)6-11(10)15-7-17(24)18-13(20)8-22-9-16(18)23-15/h5-9H,1-4H3,(H,23,24). The molecule has 3 aromatic rings. The fourth-order valence-corrected chi connectivity index (χ4v) is 3.83. The van der Waals surface area contributed by atoms with Gasteiger partial charge in [-0.3, -0.25) is 9.78 Å². The Labute approximate surface area is 154 Å². The van der Waals surface area contributed by atoms with Crippen LogP contribution in [0.1, 0.15) is 31.9 Å². The van der Waals surface area contributed by atoms with E-state index in [0.29, 0.717) is 20.4 Å². The molecule has 2 heterocycles. The second-order valence-electron chi connectivity index (χ2n) is 6.99. The summed E-state index contributed by atoms with van der Waals surface area (Å²) >= 11 is 9.89. The number of aromatic nitrogens is 2. The van der Waals surface area contributed by atoms with E-state index in [1.54, 1.807) is 18.5 Å². The van der Waals surface area contributed by atoms with Crippen molar-refractivity contribution in [2.24, 2.45) is 0 Å². The highest BCUT2D eigenvalue weighted by molar-refractivity contribution is 9.10. The average Bonchev–Trinajstić information content (AvgIpc) is 2.47. The van der Waals surface area contributed by atoms with E-state index in [1.165, 1.54) is 0 Å². The van der Waals surface area contributed by atoms with E-state index in [0.717, 1.165) is 22.4 Å². The molecule has 0 unspecified atom stereocenters. The molecule has 5 heteroatoms. The summed E-state index contributed by atoms with van der Waals surface area (Å²) in [6, 6.07) is 5.64. The van der Waals surface area contributed by atoms with E-state index in [1.807, 2.05) is 13.0 Å². The lowest BCUT2D eigenvalue weighted by Crippen LogP contribution is -2.12. The zero-order valence-electron chi connectivity index (χ0n) is 14.0. The first kappa shape index (κ1) is 17.2. The van der Waals surface area contributed by atoms with Crippen molar-refractivity contribution in [1.82, 2.24) is 9.97 Å². The number of nitrogens with one attached hydrogen (secondary N) is 1. The quantitative estimate of drug-likeness (QED) is 0.572. The number of nitrogens with zero attached hydrogens (tertiary/aromatic N) is 1. The second-order valence-corrected chi connectivity index (χ2v) is 8.25. The van der Waals surface area contributed by atoms with E-state index < -0.39 is 0 Å². The largest absolute Gasteiger partial charge is 0.353 e. The Balaban J connectivity index is 2.25. The van der Waals surface area contributed by atoms with Crippen LogP contribution in [0.4, 0.5) is 0 Å². The van der Waals surface area contributed by atoms with Crippen molar-refractivity contribution in [3.05, 3.63) is 61.4 Å². The van der Waals surface area contributed by atoms with Crippen molar-refractivity contribution < 1.29 is 0 Å². The van der Waals surface area contributed by atoms with Gasteiger partial charge in [-0.25, -0.2) is 0 Å². The van der Waals surface area contributed by atoms with Crippen LogP contribution >= 0.6 is 27.5 Å². The molecular weight excluding hydrogens is 388 g/mol. The Hall–Kier alpha value is -1.65. The lowest BCUT2D eigenvalue weighted by atomic mass is 9.85. The van der Waals surface area contributed by atoms with Crippen LogP contribution in [0, 0.1) is 6.92 Å². The summed E-state index contributed by atoms with van der Waals surface area (Å²) in [7, 11) is 0. The minimum absolute atomic E-state index is 0.0358. The van der Waals surface area contributed by atoms with Gasteiger partial charge in [-0.1, -0.05) is 38.4 Å². The van der Waals surface area contributed by atoms with E-state index in [4.69, 9.17) is 11.6 Å². The fourth-order valence-electron chi connectivity index (χ4n) is 2.86. The molecular formula is C19H18BrClN2O. The van der Waals surface area contributed by atoms with Crippen LogP contribution in [-0.2, 0) is 5.41 Å². The minimum atomic E-state index is -0.0524. The molecule has 0 aliphatic carbocycles. The Morgan fingerprint density at radius 2 is 1.88 bits per heavy atom. The van der Waals surface area contributed by atoms with E-state index in [-0.39, 0.29) is 10.8 Å². The molecule has 0 bridgehead atoms. The number of benzene rings is 1. The molecule has 0 saturated heterocycles. The van der Waals surface area contributed by atoms with Crippen LogP contribution in [0.5, 0.6) is 0 Å². The molecule has 0 saturated carbocycles. The van der Waals surface area contributed by atoms with Gasteiger partial charge in [0.15, 0.2) is 5.43 Å². The molecule has 0 spiro atoms. The van der Waals surface area contributed by atoms with Crippen molar-refractivity contribution >= 4 is 38.4 Å². The van der Waals surface area contributed by atoms with E-state index in [9.17, 15) is 4.79 Å². The van der Waals surface area contributed by atoms with Crippen LogP contribution in [-0.4, -0.2) is 9.97 Å². The predicted octanol–water partition coefficient (Wildman–Crippen LogP) is 5.61. The van der Waals surface area contributed by atoms with Gasteiger partial charge in [0, 0.05) is 27.3 Å². The number of fused-ring (bicyclic) bond motifs is 1. The van der Waals surface area contributed by atoms with Crippen molar-refractivity contribution in [3.63, 3.8) is 0 Å². The van der Waals surface area contributed by atoms with Crippen molar-refractivity contribution in [1.29, 1.82) is 0 Å². The summed E-state index contributed by atoms with van der Waals surface area (Å²) in [5.74, 6) is 0. The van der Waals surface area contributed by atoms with E-state index >= 15 is 0 Å². The average molecular weight is 406 g/mol. The van der Waals surface area contributed by atoms with Gasteiger partial charge < -0.3 is 4.98 Å². The third-order valence-corrected chi connectivity index (χ3v) is 5.02. The second kappa shape index (κ2) is 6.01. The zero-order valence-corrected chi connectivity index (χ0v) is 16.3. The molecule has 24 heavy (non-hydrogen) atoms. The summed E-state index contributed by atoms with van der Waals surface area (Å²) in [5, 5.41) is 1.31. The number of H-pyrrole nitrogens is 1. The first-order valence-electron chi connectivity index (χ1n) is 7.66. The number of pyridine rings is 2. The molecule has 0 aliphatic rings. The number of rotatable bonds is 1. The molecule has 0 fully saturated rings. The molecule has 124 valence electrons. The van der Waals surface area contributed by atoms with Crippen LogP contribution in [0.2, 0.25) is 5.02 Å². The lowest BCUT2D eigenvalue weighted by Gasteiger charge is -2.22. The molecule has 0 aliphatic heterocycles. The fraction of sp³-hybridized carbons (Fsp3) is 0.263. The van der Waals surface area contributed by atoms with Crippen LogP contribution in [0.25, 0.3) is 22.2 Å². The van der Waals surface area contributed by atoms with Gasteiger partial charge in [-0.2, -0.15) is 0 Å². The van der Waals surface area contributed by atoms with Crippen molar-refractivity contribution in [2.75, 3.05) is 0 Å². The smallest absolute Gasteiger partial charge is 0.191 e. The van der Waals surface area contributed by atoms with Gasteiger partial charge in [0.2, 0.25) is 0 Å². The summed E-state index contributed by atoms with van der Waals surface area (Å²) in [6.45, 7) is 8.43. The Morgan fingerprint density at radius 1 is 1.17 bits per heavy atom. The van der Waals surface area contributed by atoms with Gasteiger partial charge in [0.05, 0.1) is 22.8 Å². The van der Waals surface area contributed by atoms with Crippen molar-refractivity contribution in [3.8, 4) is 11.3 Å². The third-order valence-electron chi connectivity index (χ3n) is 4.10. The van der Waals surface area contributed by atoms with Crippen molar-refractivity contribution in [2.45, 2.75) is 33.1 Å².